The van der Waals surface area contributed by atoms with Crippen LogP contribution in [0.5, 0.6) is 5.75 Å². The summed E-state index contributed by atoms with van der Waals surface area (Å²) in [6.45, 7) is 15.5. The van der Waals surface area contributed by atoms with Gasteiger partial charge in [0.25, 0.3) is 0 Å². The number of rotatable bonds is 7. The van der Waals surface area contributed by atoms with E-state index in [4.69, 9.17) is 16.3 Å². The predicted octanol–water partition coefficient (Wildman–Crippen LogP) is 6.34. The molecule has 0 unspecified atom stereocenters. The van der Waals surface area contributed by atoms with Crippen molar-refractivity contribution in [1.82, 2.24) is 9.88 Å². The first-order chi connectivity index (χ1) is 20.4. The Morgan fingerprint density at radius 2 is 1.86 bits per heavy atom. The molecule has 1 spiro atoms. The number of allylic oxidation sites excluding steroid dienone is 1. The number of likely N-dealkylation sites (tertiary alicyclic amines) is 1. The summed E-state index contributed by atoms with van der Waals surface area (Å²) in [4.78, 5) is 18.2. The molecule has 2 aromatic carbocycles. The Morgan fingerprint density at radius 1 is 1.14 bits per heavy atom. The first-order valence-electron chi connectivity index (χ1n) is 14.4. The summed E-state index contributed by atoms with van der Waals surface area (Å²) in [5, 5.41) is 8.50. The van der Waals surface area contributed by atoms with Gasteiger partial charge < -0.3 is 29.7 Å². The lowest BCUT2D eigenvalue weighted by Crippen LogP contribution is -2.58. The number of aryl methyl sites for hydroxylation is 1. The van der Waals surface area contributed by atoms with Gasteiger partial charge in [0.05, 0.1) is 34.3 Å². The molecule has 5 rings (SSSR count). The van der Waals surface area contributed by atoms with Gasteiger partial charge in [-0.3, -0.25) is 4.98 Å². The lowest BCUT2D eigenvalue weighted by Gasteiger charge is -2.53. The topological polar surface area (TPSA) is 94.5 Å². The Morgan fingerprint density at radius 3 is 2.47 bits per heavy atom. The number of pyridine rings is 1. The molecule has 2 N–H and O–H groups in total. The van der Waals surface area contributed by atoms with Gasteiger partial charge in [-0.1, -0.05) is 23.7 Å². The minimum atomic E-state index is -2.74. The van der Waals surface area contributed by atoms with E-state index in [1.165, 1.54) is 31.6 Å². The molecule has 9 nitrogen and oxygen atoms in total. The van der Waals surface area contributed by atoms with Crippen molar-refractivity contribution in [3.63, 3.8) is 0 Å². The fourth-order valence-corrected chi connectivity index (χ4v) is 7.84. The highest BCUT2D eigenvalue weighted by atomic mass is 35.5. The van der Waals surface area contributed by atoms with Crippen LogP contribution in [0.3, 0.4) is 0 Å². The molecule has 3 heterocycles. The first-order valence-corrected chi connectivity index (χ1v) is 17.4. The van der Waals surface area contributed by atoms with Crippen LogP contribution in [0.1, 0.15) is 25.3 Å². The molecule has 1 aromatic heterocycles. The van der Waals surface area contributed by atoms with Crippen molar-refractivity contribution >= 4 is 64.7 Å². The van der Waals surface area contributed by atoms with E-state index in [0.29, 0.717) is 38.5 Å². The lowest BCUT2D eigenvalue weighted by atomic mass is 9.72. The predicted molar refractivity (Wildman–Crippen MR) is 183 cm³/mol. The van der Waals surface area contributed by atoms with Crippen LogP contribution in [0.25, 0.3) is 10.9 Å². The molecule has 0 atom stereocenters. The summed E-state index contributed by atoms with van der Waals surface area (Å²) >= 11 is 6.52. The highest BCUT2D eigenvalue weighted by Gasteiger charge is 2.43. The van der Waals surface area contributed by atoms with Crippen molar-refractivity contribution in [3.8, 4) is 5.75 Å². The van der Waals surface area contributed by atoms with Gasteiger partial charge in [-0.25, -0.2) is 4.99 Å². The lowest BCUT2D eigenvalue weighted by molar-refractivity contribution is 0.00130. The molecule has 2 aliphatic rings. The number of guanidine groups is 1. The highest BCUT2D eigenvalue weighted by Crippen LogP contribution is 2.43. The number of nitrogens with one attached hydrogen (secondary N) is 2. The summed E-state index contributed by atoms with van der Waals surface area (Å²) in [6, 6.07) is 11.8. The summed E-state index contributed by atoms with van der Waals surface area (Å²) in [5.74, 6) is 1.26. The van der Waals surface area contributed by atoms with E-state index in [2.05, 4.69) is 68.2 Å². The summed E-state index contributed by atoms with van der Waals surface area (Å²) in [6.07, 6.45) is 4.11. The Balaban J connectivity index is 1.40. The minimum absolute atomic E-state index is 0.235. The molecule has 0 radical (unpaired) electrons. The number of hydrogen-bond donors (Lipinski definition) is 2. The molecular weight excluding hydrogens is 581 g/mol. The molecule has 2 aliphatic heterocycles. The maximum absolute atomic E-state index is 13.4. The normalized spacial score (nSPS) is 17.8. The first kappa shape index (κ1) is 31.0. The summed E-state index contributed by atoms with van der Waals surface area (Å²) in [7, 11) is 1.12. The van der Waals surface area contributed by atoms with Crippen LogP contribution in [0.2, 0.25) is 0 Å². The molecule has 0 saturated carbocycles. The van der Waals surface area contributed by atoms with Gasteiger partial charge in [0.1, 0.15) is 18.7 Å². The van der Waals surface area contributed by atoms with Gasteiger partial charge in [0.2, 0.25) is 5.96 Å². The SMILES string of the molecule is C=NC(=N/C(Nc1ccc2cccnc2c1P(C)(C)=O)=C(\C)Cl)Nc1cc(C)c(N2CCC3(CC2)CN(C)C3)cc1OC. The van der Waals surface area contributed by atoms with Gasteiger partial charge in [-0.15, -0.1) is 0 Å². The van der Waals surface area contributed by atoms with Crippen LogP contribution in [-0.2, 0) is 4.57 Å². The van der Waals surface area contributed by atoms with E-state index in [0.717, 1.165) is 29.7 Å². The molecule has 0 bridgehead atoms. The van der Waals surface area contributed by atoms with Crippen molar-refractivity contribution in [2.75, 3.05) is 69.2 Å². The molecule has 2 saturated heterocycles. The van der Waals surface area contributed by atoms with Crippen molar-refractivity contribution in [2.45, 2.75) is 26.7 Å². The van der Waals surface area contributed by atoms with Crippen LogP contribution in [0.4, 0.5) is 17.1 Å². The molecule has 11 heteroatoms. The van der Waals surface area contributed by atoms with Crippen molar-refractivity contribution in [3.05, 3.63) is 59.0 Å². The van der Waals surface area contributed by atoms with Gasteiger partial charge in [0.15, 0.2) is 0 Å². The number of anilines is 3. The second-order valence-electron chi connectivity index (χ2n) is 12.1. The van der Waals surface area contributed by atoms with Gasteiger partial charge in [0, 0.05) is 49.5 Å². The van der Waals surface area contributed by atoms with Crippen LogP contribution in [0, 0.1) is 12.3 Å². The number of ether oxygens (including phenoxy) is 1. The maximum atomic E-state index is 13.4. The van der Waals surface area contributed by atoms with Crippen molar-refractivity contribution < 1.29 is 9.30 Å². The summed E-state index contributed by atoms with van der Waals surface area (Å²) in [5.41, 5.74) is 4.82. The zero-order chi connectivity index (χ0) is 30.9. The Bertz CT molecular complexity index is 1640. The van der Waals surface area contributed by atoms with Crippen LogP contribution in [-0.4, -0.2) is 76.2 Å². The number of aromatic nitrogens is 1. The molecule has 228 valence electrons. The number of aliphatic imine (C=N–C) groups is 2. The number of halogens is 1. The third-order valence-corrected chi connectivity index (χ3v) is 10.1. The molecule has 0 amide bonds. The van der Waals surface area contributed by atoms with E-state index in [9.17, 15) is 4.57 Å². The number of methoxy groups -OCH3 is 1. The van der Waals surface area contributed by atoms with Crippen LogP contribution >= 0.6 is 18.7 Å². The Labute approximate surface area is 259 Å². The zero-order valence-electron chi connectivity index (χ0n) is 25.9. The van der Waals surface area contributed by atoms with E-state index in [1.807, 2.05) is 24.3 Å². The second-order valence-corrected chi connectivity index (χ2v) is 15.8. The quantitative estimate of drug-likeness (QED) is 0.181. The average Bonchev–Trinajstić information content (AvgIpc) is 2.95. The van der Waals surface area contributed by atoms with Crippen molar-refractivity contribution in [1.29, 1.82) is 0 Å². The van der Waals surface area contributed by atoms with E-state index < -0.39 is 7.14 Å². The van der Waals surface area contributed by atoms with E-state index >= 15 is 0 Å². The largest absolute Gasteiger partial charge is 0.494 e. The van der Waals surface area contributed by atoms with Gasteiger partial charge in [-0.2, -0.15) is 4.99 Å². The number of fused-ring (bicyclic) bond motifs is 1. The fraction of sp³-hybridized carbons (Fsp3) is 0.406. The third kappa shape index (κ3) is 6.59. The van der Waals surface area contributed by atoms with E-state index in [-0.39, 0.29) is 5.96 Å². The van der Waals surface area contributed by atoms with Crippen LogP contribution in [0.15, 0.2) is 63.4 Å². The second kappa shape index (κ2) is 12.3. The standard InChI is InChI=1S/C32H41ClN7O2P/c1-21-17-25(27(42-5)18-26(21)40-15-12-32(13-16-40)19-39(4)20-32)37-31(34-3)38-30(22(2)33)36-24-11-10-23-9-8-14-35-28(23)29(24)43(6,7)41/h8-11,14,17-18,36H,3,12-13,15-16,19-20H2,1-2,4-7H3,(H,37,38)/b30-22+. The molecule has 0 aliphatic carbocycles. The smallest absolute Gasteiger partial charge is 0.228 e. The van der Waals surface area contributed by atoms with Gasteiger partial charge >= 0.3 is 0 Å². The zero-order valence-corrected chi connectivity index (χ0v) is 27.5. The number of hydrogen-bond acceptors (Lipinski definition) is 7. The number of piperidine rings is 1. The Kier molecular flexibility index (Phi) is 8.89. The molecule has 43 heavy (non-hydrogen) atoms. The molecule has 2 fully saturated rings. The van der Waals surface area contributed by atoms with Crippen LogP contribution < -0.4 is 25.6 Å². The Hall–Kier alpha value is -3.39. The minimum Gasteiger partial charge on any atom is -0.494 e. The van der Waals surface area contributed by atoms with Crippen molar-refractivity contribution in [2.24, 2.45) is 15.4 Å². The monoisotopic (exact) mass is 621 g/mol. The average molecular weight is 622 g/mol. The highest BCUT2D eigenvalue weighted by molar-refractivity contribution is 7.71. The van der Waals surface area contributed by atoms with Gasteiger partial charge in [-0.05, 0) is 83.0 Å². The maximum Gasteiger partial charge on any atom is 0.228 e. The number of benzene rings is 2. The molecule has 3 aromatic rings. The third-order valence-electron chi connectivity index (χ3n) is 8.37. The summed E-state index contributed by atoms with van der Waals surface area (Å²) < 4.78 is 19.2. The molecular formula is C32H41ClN7O2P. The fourth-order valence-electron chi connectivity index (χ4n) is 6.35. The number of nitrogens with zero attached hydrogens (tertiary/aromatic N) is 5. The van der Waals surface area contributed by atoms with E-state index in [1.54, 1.807) is 33.6 Å².